The van der Waals surface area contributed by atoms with E-state index in [1.165, 1.54) is 0 Å². The van der Waals surface area contributed by atoms with Gasteiger partial charge in [0.2, 0.25) is 0 Å². The first-order valence-corrected chi connectivity index (χ1v) is 20.7. The van der Waals surface area contributed by atoms with Crippen molar-refractivity contribution in [3.63, 3.8) is 0 Å². The van der Waals surface area contributed by atoms with Gasteiger partial charge in [0.05, 0.1) is 24.4 Å². The van der Waals surface area contributed by atoms with E-state index in [1.807, 2.05) is 13.8 Å². The SMILES string of the molecule is C=C[C@@]1(NC(=O)C(Cl)(Cl)Cl)[C@@H]([C@H]2COC(C)(C)O2)C=C(C)[C@@H](O[Si](CC)(CC)CC)[C@H]1O[Si](CC)(CC)CC. The van der Waals surface area contributed by atoms with Crippen LogP contribution in [0.15, 0.2) is 24.3 Å². The van der Waals surface area contributed by atoms with Gasteiger partial charge in [-0.25, -0.2) is 0 Å². The van der Waals surface area contributed by atoms with E-state index < -0.39 is 55.8 Å². The molecule has 1 aliphatic heterocycles. The summed E-state index contributed by atoms with van der Waals surface area (Å²) >= 11 is 18.4. The molecular formula is C28H50Cl3NO5Si2. The lowest BCUT2D eigenvalue weighted by molar-refractivity contribution is -0.150. The van der Waals surface area contributed by atoms with Gasteiger partial charge in [0, 0.05) is 5.92 Å². The molecule has 226 valence electrons. The largest absolute Gasteiger partial charge is 0.408 e. The predicted octanol–water partition coefficient (Wildman–Crippen LogP) is 7.91. The first-order chi connectivity index (χ1) is 18.1. The maximum absolute atomic E-state index is 13.4. The molecule has 6 nitrogen and oxygen atoms in total. The van der Waals surface area contributed by atoms with E-state index in [4.69, 9.17) is 53.1 Å². The molecular weight excluding hydrogens is 593 g/mol. The lowest BCUT2D eigenvalue weighted by Crippen LogP contribution is -2.71. The Hall–Kier alpha value is 0.0938. The van der Waals surface area contributed by atoms with Gasteiger partial charge in [-0.2, -0.15) is 0 Å². The highest BCUT2D eigenvalue weighted by Gasteiger charge is 2.59. The van der Waals surface area contributed by atoms with Gasteiger partial charge in [-0.05, 0) is 62.6 Å². The maximum Gasteiger partial charge on any atom is 0.272 e. The van der Waals surface area contributed by atoms with Crippen LogP contribution in [-0.4, -0.2) is 62.6 Å². The van der Waals surface area contributed by atoms with E-state index >= 15 is 0 Å². The van der Waals surface area contributed by atoms with Crippen molar-refractivity contribution >= 4 is 57.3 Å². The topological polar surface area (TPSA) is 66.0 Å². The zero-order valence-corrected chi connectivity index (χ0v) is 29.6. The second-order valence-electron chi connectivity index (χ2n) is 11.5. The van der Waals surface area contributed by atoms with E-state index in [9.17, 15) is 4.79 Å². The Kier molecular flexibility index (Phi) is 12.3. The van der Waals surface area contributed by atoms with Gasteiger partial charge in [-0.1, -0.05) is 88.5 Å². The Morgan fingerprint density at radius 3 is 1.92 bits per heavy atom. The van der Waals surface area contributed by atoms with E-state index in [2.05, 4.69) is 66.4 Å². The summed E-state index contributed by atoms with van der Waals surface area (Å²) in [6.07, 6.45) is 2.51. The number of ether oxygens (including phenoxy) is 2. The minimum atomic E-state index is -2.24. The van der Waals surface area contributed by atoms with Crippen LogP contribution in [0.25, 0.3) is 0 Å². The number of carbonyl (C=O) groups excluding carboxylic acids is 1. The fraction of sp³-hybridized carbons (Fsp3) is 0.821. The van der Waals surface area contributed by atoms with Crippen molar-refractivity contribution in [1.29, 1.82) is 0 Å². The summed E-state index contributed by atoms with van der Waals surface area (Å²) in [6, 6.07) is 5.72. The molecule has 0 unspecified atom stereocenters. The van der Waals surface area contributed by atoms with Crippen molar-refractivity contribution in [3.05, 3.63) is 24.3 Å². The third-order valence-electron chi connectivity index (χ3n) is 9.16. The maximum atomic E-state index is 13.4. The van der Waals surface area contributed by atoms with Crippen molar-refractivity contribution in [2.75, 3.05) is 6.61 Å². The molecule has 1 heterocycles. The predicted molar refractivity (Wildman–Crippen MR) is 168 cm³/mol. The molecule has 0 spiro atoms. The quantitative estimate of drug-likeness (QED) is 0.126. The molecule has 0 radical (unpaired) electrons. The van der Waals surface area contributed by atoms with Crippen LogP contribution in [0.1, 0.15) is 62.3 Å². The lowest BCUT2D eigenvalue weighted by atomic mass is 9.68. The molecule has 1 aliphatic carbocycles. The first-order valence-electron chi connectivity index (χ1n) is 14.5. The number of carbonyl (C=O) groups is 1. The standard InChI is InChI=1S/C28H50Cl3NO5Si2/c1-11-27(32-25(33)28(29,30)31)21(22-19-34-26(9,10)35-22)18-20(8)23(36-38(12-2,13-3)14-4)24(27)37-39(15-5,16-6)17-7/h11,18,21-24H,1,12-17,19H2,2-10H3,(H,32,33)/t21-,22-,23-,24-,27-/m1/s1. The minimum Gasteiger partial charge on any atom is -0.408 e. The molecule has 1 saturated heterocycles. The highest BCUT2D eigenvalue weighted by Crippen LogP contribution is 2.46. The third kappa shape index (κ3) is 7.55. The molecule has 0 aromatic heterocycles. The van der Waals surface area contributed by atoms with Gasteiger partial charge in [0.25, 0.3) is 9.70 Å². The monoisotopic (exact) mass is 641 g/mol. The minimum absolute atomic E-state index is 0.342. The number of alkyl halides is 3. The molecule has 0 aromatic carbocycles. The Labute approximate surface area is 253 Å². The normalized spacial score (nSPS) is 29.7. The molecule has 11 heteroatoms. The zero-order valence-electron chi connectivity index (χ0n) is 25.3. The Bertz CT molecular complexity index is 872. The van der Waals surface area contributed by atoms with Crippen molar-refractivity contribution < 1.29 is 23.1 Å². The van der Waals surface area contributed by atoms with Gasteiger partial charge >= 0.3 is 0 Å². The average Bonchev–Trinajstić information content (AvgIpc) is 3.27. The fourth-order valence-corrected chi connectivity index (χ4v) is 11.9. The van der Waals surface area contributed by atoms with Crippen LogP contribution >= 0.6 is 34.8 Å². The number of hydrogen-bond donors (Lipinski definition) is 1. The van der Waals surface area contributed by atoms with E-state index in [1.54, 1.807) is 6.08 Å². The molecule has 1 N–H and O–H groups in total. The van der Waals surface area contributed by atoms with Crippen LogP contribution in [0.4, 0.5) is 0 Å². The molecule has 5 atom stereocenters. The second kappa shape index (κ2) is 13.6. The molecule has 0 aromatic rings. The molecule has 2 aliphatic rings. The highest BCUT2D eigenvalue weighted by atomic mass is 35.6. The van der Waals surface area contributed by atoms with Crippen molar-refractivity contribution in [3.8, 4) is 0 Å². The van der Waals surface area contributed by atoms with Gasteiger partial charge in [0.1, 0.15) is 6.10 Å². The van der Waals surface area contributed by atoms with Crippen LogP contribution in [0.2, 0.25) is 36.3 Å². The van der Waals surface area contributed by atoms with Crippen LogP contribution in [0.5, 0.6) is 0 Å². The highest BCUT2D eigenvalue weighted by molar-refractivity contribution is 6.76. The van der Waals surface area contributed by atoms with Gasteiger partial charge in [-0.3, -0.25) is 4.79 Å². The van der Waals surface area contributed by atoms with E-state index in [0.29, 0.717) is 6.61 Å². The van der Waals surface area contributed by atoms with Crippen molar-refractivity contribution in [1.82, 2.24) is 5.32 Å². The Morgan fingerprint density at radius 1 is 1.05 bits per heavy atom. The first kappa shape index (κ1) is 35.3. The summed E-state index contributed by atoms with van der Waals surface area (Å²) in [6.45, 7) is 23.6. The number of nitrogens with one attached hydrogen (secondary N) is 1. The van der Waals surface area contributed by atoms with Crippen LogP contribution in [0.3, 0.4) is 0 Å². The van der Waals surface area contributed by atoms with Crippen LogP contribution in [0, 0.1) is 5.92 Å². The fourth-order valence-electron chi connectivity index (χ4n) is 6.08. The molecule has 1 fully saturated rings. The molecule has 0 bridgehead atoms. The summed E-state index contributed by atoms with van der Waals surface area (Å²) in [7, 11) is -4.35. The molecule has 0 saturated carbocycles. The van der Waals surface area contributed by atoms with Gasteiger partial charge in [0.15, 0.2) is 22.4 Å². The van der Waals surface area contributed by atoms with Crippen molar-refractivity contribution in [2.45, 2.75) is 132 Å². The number of hydrogen-bond acceptors (Lipinski definition) is 5. The summed E-state index contributed by atoms with van der Waals surface area (Å²) in [5, 5.41) is 3.11. The summed E-state index contributed by atoms with van der Waals surface area (Å²) in [4.78, 5) is 13.4. The zero-order chi connectivity index (χ0) is 29.9. The van der Waals surface area contributed by atoms with Gasteiger partial charge < -0.3 is 23.6 Å². The van der Waals surface area contributed by atoms with Crippen molar-refractivity contribution in [2.24, 2.45) is 5.92 Å². The van der Waals surface area contributed by atoms with E-state index in [-0.39, 0.29) is 6.10 Å². The smallest absolute Gasteiger partial charge is 0.272 e. The Balaban J connectivity index is 2.85. The van der Waals surface area contributed by atoms with Crippen LogP contribution < -0.4 is 5.32 Å². The Morgan fingerprint density at radius 2 is 1.54 bits per heavy atom. The summed E-state index contributed by atoms with van der Waals surface area (Å²) < 4.78 is 24.7. The number of amides is 1. The van der Waals surface area contributed by atoms with E-state index in [0.717, 1.165) is 41.8 Å². The average molecular weight is 643 g/mol. The second-order valence-corrected chi connectivity index (χ2v) is 23.2. The summed E-state index contributed by atoms with van der Waals surface area (Å²) in [5.74, 6) is -1.90. The summed E-state index contributed by atoms with van der Waals surface area (Å²) in [5.41, 5.74) is -0.121. The lowest BCUT2D eigenvalue weighted by Gasteiger charge is -2.55. The molecule has 1 amide bonds. The number of halogens is 3. The molecule has 39 heavy (non-hydrogen) atoms. The van der Waals surface area contributed by atoms with Gasteiger partial charge in [-0.15, -0.1) is 6.58 Å². The molecule has 2 rings (SSSR count). The number of rotatable bonds is 13. The van der Waals surface area contributed by atoms with Crippen LogP contribution in [-0.2, 0) is 23.1 Å². The third-order valence-corrected chi connectivity index (χ3v) is 18.9.